The van der Waals surface area contributed by atoms with E-state index < -0.39 is 5.56 Å². The van der Waals surface area contributed by atoms with Crippen molar-refractivity contribution in [3.63, 3.8) is 0 Å². The summed E-state index contributed by atoms with van der Waals surface area (Å²) >= 11 is 5.83. The SMILES string of the molecule is O=c1[nH]c(-c2ccc(Cl)cc2)nc(O)c1-c1ccccc1. The molecule has 0 bridgehead atoms. The third-order valence-electron chi connectivity index (χ3n) is 3.08. The Kier molecular flexibility index (Phi) is 3.46. The van der Waals surface area contributed by atoms with E-state index in [4.69, 9.17) is 11.6 Å². The van der Waals surface area contributed by atoms with Crippen LogP contribution in [-0.2, 0) is 0 Å². The van der Waals surface area contributed by atoms with Crippen molar-refractivity contribution in [3.8, 4) is 28.4 Å². The van der Waals surface area contributed by atoms with Gasteiger partial charge in [-0.2, -0.15) is 4.98 Å². The van der Waals surface area contributed by atoms with E-state index in [0.717, 1.165) is 0 Å². The zero-order chi connectivity index (χ0) is 14.8. The van der Waals surface area contributed by atoms with E-state index in [1.165, 1.54) is 0 Å². The molecule has 0 spiro atoms. The summed E-state index contributed by atoms with van der Waals surface area (Å²) in [6, 6.07) is 15.7. The number of rotatable bonds is 2. The minimum absolute atomic E-state index is 0.160. The molecule has 4 nitrogen and oxygen atoms in total. The quantitative estimate of drug-likeness (QED) is 0.761. The molecule has 0 unspecified atom stereocenters. The van der Waals surface area contributed by atoms with Crippen molar-refractivity contribution < 1.29 is 5.11 Å². The summed E-state index contributed by atoms with van der Waals surface area (Å²) < 4.78 is 0. The predicted octanol–water partition coefficient (Wildman–Crippen LogP) is 3.46. The fraction of sp³-hybridized carbons (Fsp3) is 0. The summed E-state index contributed by atoms with van der Waals surface area (Å²) in [6.07, 6.45) is 0. The molecule has 0 radical (unpaired) electrons. The van der Waals surface area contributed by atoms with Crippen LogP contribution in [0.2, 0.25) is 5.02 Å². The molecule has 0 saturated heterocycles. The standard InChI is InChI=1S/C16H11ClN2O2/c17-12-8-6-11(7-9-12)14-18-15(20)13(16(21)19-14)10-4-2-1-3-5-10/h1-9H,(H2,18,19,20,21). The maximum atomic E-state index is 12.2. The van der Waals surface area contributed by atoms with Crippen LogP contribution < -0.4 is 5.56 Å². The fourth-order valence-electron chi connectivity index (χ4n) is 2.07. The molecule has 21 heavy (non-hydrogen) atoms. The number of H-pyrrole nitrogens is 1. The molecule has 0 aliphatic carbocycles. The average molecular weight is 299 g/mol. The van der Waals surface area contributed by atoms with Crippen molar-refractivity contribution in [2.24, 2.45) is 0 Å². The van der Waals surface area contributed by atoms with Crippen molar-refractivity contribution in [1.82, 2.24) is 9.97 Å². The van der Waals surface area contributed by atoms with Crippen LogP contribution in [0.3, 0.4) is 0 Å². The van der Waals surface area contributed by atoms with E-state index in [2.05, 4.69) is 9.97 Å². The number of nitrogens with one attached hydrogen (secondary N) is 1. The third kappa shape index (κ3) is 2.66. The average Bonchev–Trinajstić information content (AvgIpc) is 2.48. The van der Waals surface area contributed by atoms with E-state index in [0.29, 0.717) is 22.0 Å². The van der Waals surface area contributed by atoms with Gasteiger partial charge < -0.3 is 10.1 Å². The maximum absolute atomic E-state index is 12.2. The molecular weight excluding hydrogens is 288 g/mol. The number of aromatic hydroxyl groups is 1. The lowest BCUT2D eigenvalue weighted by molar-refractivity contribution is 0.454. The summed E-state index contributed by atoms with van der Waals surface area (Å²) in [4.78, 5) is 19.0. The zero-order valence-corrected chi connectivity index (χ0v) is 11.6. The first-order valence-corrected chi connectivity index (χ1v) is 6.67. The highest BCUT2D eigenvalue weighted by atomic mass is 35.5. The molecule has 0 atom stereocenters. The van der Waals surface area contributed by atoms with Crippen molar-refractivity contribution in [3.05, 3.63) is 70.0 Å². The van der Waals surface area contributed by atoms with E-state index in [1.807, 2.05) is 6.07 Å². The van der Waals surface area contributed by atoms with Gasteiger partial charge in [-0.15, -0.1) is 0 Å². The van der Waals surface area contributed by atoms with Crippen LogP contribution in [0.1, 0.15) is 0 Å². The van der Waals surface area contributed by atoms with Gasteiger partial charge in [0.15, 0.2) is 0 Å². The lowest BCUT2D eigenvalue weighted by Gasteiger charge is -2.06. The first-order chi connectivity index (χ1) is 10.1. The van der Waals surface area contributed by atoms with Crippen LogP contribution in [0.25, 0.3) is 22.5 Å². The monoisotopic (exact) mass is 298 g/mol. The van der Waals surface area contributed by atoms with Gasteiger partial charge in [-0.05, 0) is 29.8 Å². The van der Waals surface area contributed by atoms with E-state index >= 15 is 0 Å². The Morgan fingerprint density at radius 1 is 0.952 bits per heavy atom. The van der Waals surface area contributed by atoms with Crippen molar-refractivity contribution in [1.29, 1.82) is 0 Å². The third-order valence-corrected chi connectivity index (χ3v) is 3.33. The van der Waals surface area contributed by atoms with Gasteiger partial charge in [0.25, 0.3) is 5.56 Å². The highest BCUT2D eigenvalue weighted by Crippen LogP contribution is 2.25. The molecule has 2 aromatic carbocycles. The van der Waals surface area contributed by atoms with Crippen molar-refractivity contribution >= 4 is 11.6 Å². The van der Waals surface area contributed by atoms with Gasteiger partial charge in [0.2, 0.25) is 5.88 Å². The molecule has 104 valence electrons. The molecule has 3 rings (SSSR count). The predicted molar refractivity (Wildman–Crippen MR) is 82.4 cm³/mol. The topological polar surface area (TPSA) is 66.0 Å². The molecule has 0 aliphatic heterocycles. The Morgan fingerprint density at radius 2 is 1.62 bits per heavy atom. The number of nitrogens with zero attached hydrogens (tertiary/aromatic N) is 1. The van der Waals surface area contributed by atoms with Crippen LogP contribution in [0.4, 0.5) is 0 Å². The second kappa shape index (κ2) is 5.42. The van der Waals surface area contributed by atoms with Gasteiger partial charge in [0, 0.05) is 10.6 Å². The largest absolute Gasteiger partial charge is 0.493 e. The Hall–Kier alpha value is -2.59. The molecule has 5 heteroatoms. The van der Waals surface area contributed by atoms with Crippen LogP contribution in [0.5, 0.6) is 5.88 Å². The van der Waals surface area contributed by atoms with E-state index in [1.54, 1.807) is 48.5 Å². The fourth-order valence-corrected chi connectivity index (χ4v) is 2.20. The summed E-state index contributed by atoms with van der Waals surface area (Å²) in [5.41, 5.74) is 1.06. The van der Waals surface area contributed by atoms with Crippen molar-refractivity contribution in [2.45, 2.75) is 0 Å². The van der Waals surface area contributed by atoms with Gasteiger partial charge in [-0.3, -0.25) is 4.79 Å². The molecule has 3 aromatic rings. The number of halogens is 1. The Balaban J connectivity index is 2.13. The van der Waals surface area contributed by atoms with E-state index in [-0.39, 0.29) is 11.4 Å². The summed E-state index contributed by atoms with van der Waals surface area (Å²) in [7, 11) is 0. The molecule has 0 aliphatic rings. The summed E-state index contributed by atoms with van der Waals surface area (Å²) in [6.45, 7) is 0. The molecule has 1 aromatic heterocycles. The summed E-state index contributed by atoms with van der Waals surface area (Å²) in [5.74, 6) is 0.00347. The second-order valence-electron chi connectivity index (χ2n) is 4.49. The smallest absolute Gasteiger partial charge is 0.262 e. The zero-order valence-electron chi connectivity index (χ0n) is 10.9. The van der Waals surface area contributed by atoms with Crippen LogP contribution in [-0.4, -0.2) is 15.1 Å². The van der Waals surface area contributed by atoms with Gasteiger partial charge in [-0.25, -0.2) is 0 Å². The highest BCUT2D eigenvalue weighted by Gasteiger charge is 2.13. The molecular formula is C16H11ClN2O2. The minimum atomic E-state index is -0.390. The Morgan fingerprint density at radius 3 is 2.24 bits per heavy atom. The molecule has 1 heterocycles. The first kappa shape index (κ1) is 13.4. The number of benzene rings is 2. The van der Waals surface area contributed by atoms with Gasteiger partial charge in [-0.1, -0.05) is 41.9 Å². The number of hydrogen-bond acceptors (Lipinski definition) is 3. The second-order valence-corrected chi connectivity index (χ2v) is 4.92. The molecule has 0 fully saturated rings. The van der Waals surface area contributed by atoms with Crippen LogP contribution in [0.15, 0.2) is 59.4 Å². The summed E-state index contributed by atoms with van der Waals surface area (Å²) in [5, 5.41) is 10.7. The number of aromatic amines is 1. The lowest BCUT2D eigenvalue weighted by atomic mass is 10.1. The van der Waals surface area contributed by atoms with Crippen LogP contribution >= 0.6 is 11.6 Å². The minimum Gasteiger partial charge on any atom is -0.493 e. The lowest BCUT2D eigenvalue weighted by Crippen LogP contribution is -2.12. The first-order valence-electron chi connectivity index (χ1n) is 6.30. The molecule has 0 saturated carbocycles. The van der Waals surface area contributed by atoms with Gasteiger partial charge in [0.1, 0.15) is 11.4 Å². The highest BCUT2D eigenvalue weighted by molar-refractivity contribution is 6.30. The number of aromatic nitrogens is 2. The molecule has 2 N–H and O–H groups in total. The van der Waals surface area contributed by atoms with E-state index in [9.17, 15) is 9.90 Å². The van der Waals surface area contributed by atoms with Crippen molar-refractivity contribution in [2.75, 3.05) is 0 Å². The molecule has 0 amide bonds. The van der Waals surface area contributed by atoms with Crippen LogP contribution in [0, 0.1) is 0 Å². The Labute approximate surface area is 125 Å². The van der Waals surface area contributed by atoms with Gasteiger partial charge >= 0.3 is 0 Å². The maximum Gasteiger partial charge on any atom is 0.262 e. The van der Waals surface area contributed by atoms with Gasteiger partial charge in [0.05, 0.1) is 0 Å². The number of hydrogen-bond donors (Lipinski definition) is 2. The Bertz CT molecular complexity index is 827. The normalized spacial score (nSPS) is 10.5.